The highest BCUT2D eigenvalue weighted by Gasteiger charge is 2.35. The van der Waals surface area contributed by atoms with Crippen LogP contribution in [-0.2, 0) is 4.74 Å². The third-order valence-corrected chi connectivity index (χ3v) is 2.29. The minimum absolute atomic E-state index is 0.0541. The van der Waals surface area contributed by atoms with Crippen LogP contribution in [0.15, 0.2) is 0 Å². The first kappa shape index (κ1) is 10.8. The second-order valence-corrected chi connectivity index (χ2v) is 3.53. The number of nitrogens with zero attached hydrogens (tertiary/aromatic N) is 1. The van der Waals surface area contributed by atoms with Crippen molar-refractivity contribution in [2.75, 3.05) is 13.2 Å². The van der Waals surface area contributed by atoms with E-state index in [0.717, 1.165) is 13.0 Å². The summed E-state index contributed by atoms with van der Waals surface area (Å²) in [5.41, 5.74) is 0. The first-order valence-electron chi connectivity index (χ1n) is 4.36. The van der Waals surface area contributed by atoms with Crippen molar-refractivity contribution in [3.8, 4) is 0 Å². The van der Waals surface area contributed by atoms with Crippen LogP contribution >= 0.6 is 0 Å². The molecule has 0 aromatic heterocycles. The van der Waals surface area contributed by atoms with E-state index in [-0.39, 0.29) is 12.6 Å². The Hall–Kier alpha value is -0.290. The van der Waals surface area contributed by atoms with Gasteiger partial charge in [-0.05, 0) is 20.3 Å². The molecule has 0 aromatic rings. The van der Waals surface area contributed by atoms with Gasteiger partial charge in [-0.1, -0.05) is 0 Å². The number of alkyl halides is 3. The van der Waals surface area contributed by atoms with Crippen LogP contribution in [0.4, 0.5) is 13.2 Å². The molecule has 0 aromatic carbocycles. The lowest BCUT2D eigenvalue weighted by atomic mass is 10.0. The molecule has 0 spiro atoms. The molecule has 2 nitrogen and oxygen atoms in total. The molecular formula is C8H14F3NO. The van der Waals surface area contributed by atoms with E-state index in [2.05, 4.69) is 4.74 Å². The zero-order valence-corrected chi connectivity index (χ0v) is 7.77. The van der Waals surface area contributed by atoms with Gasteiger partial charge in [-0.25, -0.2) is 0 Å². The normalized spacial score (nSPS) is 24.9. The summed E-state index contributed by atoms with van der Waals surface area (Å²) in [5, 5.41) is 0. The predicted molar refractivity (Wildman–Crippen MR) is 42.3 cm³/mol. The molecule has 1 unspecified atom stereocenters. The SMILES string of the molecule is CC(C)N1CCC1COC(F)(F)F. The number of halogens is 3. The summed E-state index contributed by atoms with van der Waals surface area (Å²) in [6, 6.07) is 0.247. The Morgan fingerprint density at radius 2 is 2.08 bits per heavy atom. The summed E-state index contributed by atoms with van der Waals surface area (Å²) in [7, 11) is 0. The Kier molecular flexibility index (Phi) is 3.18. The van der Waals surface area contributed by atoms with E-state index in [1.54, 1.807) is 0 Å². The fraction of sp³-hybridized carbons (Fsp3) is 1.00. The molecule has 1 fully saturated rings. The molecule has 13 heavy (non-hydrogen) atoms. The van der Waals surface area contributed by atoms with Crippen molar-refractivity contribution >= 4 is 0 Å². The molecule has 1 saturated heterocycles. The highest BCUT2D eigenvalue weighted by Crippen LogP contribution is 2.24. The van der Waals surface area contributed by atoms with E-state index in [0.29, 0.717) is 6.04 Å². The Bertz CT molecular complexity index is 169. The molecule has 5 heteroatoms. The molecule has 0 bridgehead atoms. The van der Waals surface area contributed by atoms with E-state index in [9.17, 15) is 13.2 Å². The quantitative estimate of drug-likeness (QED) is 0.686. The van der Waals surface area contributed by atoms with Gasteiger partial charge < -0.3 is 0 Å². The van der Waals surface area contributed by atoms with Gasteiger partial charge in [0.25, 0.3) is 0 Å². The highest BCUT2D eigenvalue weighted by molar-refractivity contribution is 4.84. The number of hydrogen-bond acceptors (Lipinski definition) is 2. The highest BCUT2D eigenvalue weighted by atomic mass is 19.4. The molecular weight excluding hydrogens is 183 g/mol. The van der Waals surface area contributed by atoms with Crippen LogP contribution in [0.3, 0.4) is 0 Å². The molecule has 0 amide bonds. The van der Waals surface area contributed by atoms with Crippen LogP contribution in [0.25, 0.3) is 0 Å². The van der Waals surface area contributed by atoms with Gasteiger partial charge >= 0.3 is 6.36 Å². The Morgan fingerprint density at radius 3 is 2.38 bits per heavy atom. The largest absolute Gasteiger partial charge is 0.522 e. The summed E-state index contributed by atoms with van der Waals surface area (Å²) >= 11 is 0. The Morgan fingerprint density at radius 1 is 1.46 bits per heavy atom. The van der Waals surface area contributed by atoms with Crippen molar-refractivity contribution < 1.29 is 17.9 Å². The van der Waals surface area contributed by atoms with Crippen LogP contribution in [0, 0.1) is 0 Å². The number of rotatable bonds is 3. The summed E-state index contributed by atoms with van der Waals surface area (Å²) in [4.78, 5) is 2.01. The second-order valence-electron chi connectivity index (χ2n) is 3.53. The van der Waals surface area contributed by atoms with Gasteiger partial charge in [0.1, 0.15) is 0 Å². The molecule has 0 aliphatic carbocycles. The smallest absolute Gasteiger partial charge is 0.296 e. The lowest BCUT2D eigenvalue weighted by molar-refractivity contribution is -0.331. The first-order chi connectivity index (χ1) is 5.90. The molecule has 0 radical (unpaired) electrons. The van der Waals surface area contributed by atoms with E-state index < -0.39 is 6.36 Å². The Balaban J connectivity index is 2.23. The average Bonchev–Trinajstić information content (AvgIpc) is 1.79. The topological polar surface area (TPSA) is 12.5 Å². The molecule has 1 heterocycles. The summed E-state index contributed by atoms with van der Waals surface area (Å²) < 4.78 is 38.8. The van der Waals surface area contributed by atoms with Gasteiger partial charge in [0.05, 0.1) is 6.61 Å². The van der Waals surface area contributed by atoms with Crippen LogP contribution in [0.5, 0.6) is 0 Å². The molecule has 1 aliphatic rings. The molecule has 1 rings (SSSR count). The lowest BCUT2D eigenvalue weighted by Crippen LogP contribution is -2.54. The van der Waals surface area contributed by atoms with Crippen LogP contribution in [-0.4, -0.2) is 36.5 Å². The van der Waals surface area contributed by atoms with Crippen LogP contribution < -0.4 is 0 Å². The molecule has 0 N–H and O–H groups in total. The lowest BCUT2D eigenvalue weighted by Gasteiger charge is -2.43. The van der Waals surface area contributed by atoms with Crippen LogP contribution in [0.1, 0.15) is 20.3 Å². The van der Waals surface area contributed by atoms with Crippen molar-refractivity contribution in [2.24, 2.45) is 0 Å². The zero-order valence-electron chi connectivity index (χ0n) is 7.77. The minimum Gasteiger partial charge on any atom is -0.296 e. The van der Waals surface area contributed by atoms with Gasteiger partial charge in [0, 0.05) is 18.6 Å². The third-order valence-electron chi connectivity index (χ3n) is 2.29. The fourth-order valence-corrected chi connectivity index (χ4v) is 1.51. The number of ether oxygens (including phenoxy) is 1. The summed E-state index contributed by atoms with van der Waals surface area (Å²) in [5.74, 6) is 0. The van der Waals surface area contributed by atoms with E-state index >= 15 is 0 Å². The minimum atomic E-state index is -4.49. The summed E-state index contributed by atoms with van der Waals surface area (Å²) in [6.45, 7) is 4.59. The maximum atomic E-state index is 11.7. The molecule has 1 aliphatic heterocycles. The molecule has 0 saturated carbocycles. The van der Waals surface area contributed by atoms with Crippen molar-refractivity contribution in [1.29, 1.82) is 0 Å². The number of likely N-dealkylation sites (tertiary alicyclic amines) is 1. The van der Waals surface area contributed by atoms with E-state index in [1.165, 1.54) is 0 Å². The fourth-order valence-electron chi connectivity index (χ4n) is 1.51. The maximum Gasteiger partial charge on any atom is 0.522 e. The van der Waals surface area contributed by atoms with Gasteiger partial charge in [-0.3, -0.25) is 9.64 Å². The van der Waals surface area contributed by atoms with Gasteiger partial charge in [0.2, 0.25) is 0 Å². The monoisotopic (exact) mass is 197 g/mol. The zero-order chi connectivity index (χ0) is 10.1. The first-order valence-corrected chi connectivity index (χ1v) is 4.36. The second kappa shape index (κ2) is 3.84. The van der Waals surface area contributed by atoms with Gasteiger partial charge in [-0.2, -0.15) is 0 Å². The van der Waals surface area contributed by atoms with Gasteiger partial charge in [0.15, 0.2) is 0 Å². The number of hydrogen-bond donors (Lipinski definition) is 0. The molecule has 78 valence electrons. The summed E-state index contributed by atoms with van der Waals surface area (Å²) in [6.07, 6.45) is -3.69. The average molecular weight is 197 g/mol. The van der Waals surface area contributed by atoms with Crippen LogP contribution in [0.2, 0.25) is 0 Å². The van der Waals surface area contributed by atoms with E-state index in [1.807, 2.05) is 18.7 Å². The standard InChI is InChI=1S/C8H14F3NO/c1-6(2)12-4-3-7(12)5-13-8(9,10)11/h6-7H,3-5H2,1-2H3. The van der Waals surface area contributed by atoms with Crippen molar-refractivity contribution in [3.63, 3.8) is 0 Å². The predicted octanol–water partition coefficient (Wildman–Crippen LogP) is 2.01. The van der Waals surface area contributed by atoms with Crippen molar-refractivity contribution in [3.05, 3.63) is 0 Å². The van der Waals surface area contributed by atoms with Crippen molar-refractivity contribution in [2.45, 2.75) is 38.7 Å². The molecule has 1 atom stereocenters. The van der Waals surface area contributed by atoms with Gasteiger partial charge in [-0.15, -0.1) is 13.2 Å². The Labute approximate surface area is 75.7 Å². The van der Waals surface area contributed by atoms with E-state index in [4.69, 9.17) is 0 Å². The third kappa shape index (κ3) is 3.15. The maximum absolute atomic E-state index is 11.7. The van der Waals surface area contributed by atoms with Crippen molar-refractivity contribution in [1.82, 2.24) is 4.90 Å².